The Labute approximate surface area is 85.8 Å². The molecule has 1 unspecified atom stereocenters. The quantitative estimate of drug-likeness (QED) is 0.637. The predicted octanol–water partition coefficient (Wildman–Crippen LogP) is 2.97. The van der Waals surface area contributed by atoms with Crippen LogP contribution in [0.15, 0.2) is 11.6 Å². The van der Waals surface area contributed by atoms with Crippen LogP contribution in [-0.2, 0) is 0 Å². The summed E-state index contributed by atoms with van der Waals surface area (Å²) in [6, 6.07) is 0. The van der Waals surface area contributed by atoms with Gasteiger partial charge in [-0.25, -0.2) is 4.39 Å². The first-order chi connectivity index (χ1) is 6.81. The molecule has 1 aliphatic carbocycles. The third-order valence-corrected chi connectivity index (χ3v) is 3.47. The van der Waals surface area contributed by atoms with E-state index in [1.54, 1.807) is 0 Å². The summed E-state index contributed by atoms with van der Waals surface area (Å²) >= 11 is 0. The Morgan fingerprint density at radius 1 is 1.21 bits per heavy atom. The lowest BCUT2D eigenvalue weighted by Crippen LogP contribution is -2.28. The lowest BCUT2D eigenvalue weighted by molar-refractivity contribution is 0.231. The summed E-state index contributed by atoms with van der Waals surface area (Å²) in [5.74, 6) is 0. The summed E-state index contributed by atoms with van der Waals surface area (Å²) in [5.41, 5.74) is 0.0827. The molecule has 1 fully saturated rings. The summed E-state index contributed by atoms with van der Waals surface area (Å²) in [6.07, 6.45) is 9.94. The Morgan fingerprint density at radius 3 is 2.86 bits per heavy atom. The normalized spacial score (nSPS) is 34.8. The van der Waals surface area contributed by atoms with Crippen molar-refractivity contribution in [3.05, 3.63) is 11.6 Å². The Bertz CT molecular complexity index is 216. The zero-order chi connectivity index (χ0) is 9.86. The highest BCUT2D eigenvalue weighted by Gasteiger charge is 2.36. The van der Waals surface area contributed by atoms with Crippen molar-refractivity contribution in [1.29, 1.82) is 0 Å². The van der Waals surface area contributed by atoms with Crippen LogP contribution in [0.2, 0.25) is 0 Å². The maximum Gasteiger partial charge on any atom is 0.145 e. The Kier molecular flexibility index (Phi) is 3.22. The van der Waals surface area contributed by atoms with Crippen LogP contribution >= 0.6 is 0 Å². The molecule has 0 saturated carbocycles. The fourth-order valence-corrected chi connectivity index (χ4v) is 2.53. The third-order valence-electron chi connectivity index (χ3n) is 3.47. The van der Waals surface area contributed by atoms with E-state index in [2.05, 4.69) is 11.4 Å². The van der Waals surface area contributed by atoms with E-state index in [1.165, 1.54) is 25.7 Å². The van der Waals surface area contributed by atoms with Gasteiger partial charge in [-0.2, -0.15) is 0 Å². The van der Waals surface area contributed by atoms with Gasteiger partial charge in [-0.05, 0) is 44.2 Å². The van der Waals surface area contributed by atoms with Gasteiger partial charge in [0.25, 0.3) is 0 Å². The lowest BCUT2D eigenvalue weighted by atomic mass is 9.87. The van der Waals surface area contributed by atoms with E-state index < -0.39 is 5.67 Å². The minimum atomic E-state index is -1.00. The second-order valence-corrected chi connectivity index (χ2v) is 4.57. The SMILES string of the molecule is FC1(C2=CCCCCCC2)CCNC1. The van der Waals surface area contributed by atoms with E-state index in [1.807, 2.05) is 0 Å². The van der Waals surface area contributed by atoms with Crippen molar-refractivity contribution < 1.29 is 4.39 Å². The van der Waals surface area contributed by atoms with Crippen molar-refractivity contribution in [2.75, 3.05) is 13.1 Å². The molecule has 1 heterocycles. The molecule has 0 aromatic rings. The number of rotatable bonds is 1. The van der Waals surface area contributed by atoms with Crippen LogP contribution in [0.4, 0.5) is 4.39 Å². The summed E-state index contributed by atoms with van der Waals surface area (Å²) in [7, 11) is 0. The summed E-state index contributed by atoms with van der Waals surface area (Å²) in [5, 5.41) is 3.13. The molecule has 2 aliphatic rings. The minimum absolute atomic E-state index is 0.541. The van der Waals surface area contributed by atoms with Crippen molar-refractivity contribution in [3.8, 4) is 0 Å². The van der Waals surface area contributed by atoms with E-state index in [4.69, 9.17) is 0 Å². The lowest BCUT2D eigenvalue weighted by Gasteiger charge is -2.24. The van der Waals surface area contributed by atoms with Crippen LogP contribution in [0, 0.1) is 0 Å². The van der Waals surface area contributed by atoms with Crippen molar-refractivity contribution in [3.63, 3.8) is 0 Å². The average Bonchev–Trinajstić information content (AvgIpc) is 2.52. The molecule has 2 rings (SSSR count). The molecule has 0 amide bonds. The molecule has 0 bridgehead atoms. The highest BCUT2D eigenvalue weighted by Crippen LogP contribution is 2.33. The van der Waals surface area contributed by atoms with Gasteiger partial charge in [-0.15, -0.1) is 0 Å². The van der Waals surface area contributed by atoms with Crippen LogP contribution in [0.25, 0.3) is 0 Å². The molecule has 0 radical (unpaired) electrons. The topological polar surface area (TPSA) is 12.0 Å². The predicted molar refractivity (Wildman–Crippen MR) is 57.1 cm³/mol. The highest BCUT2D eigenvalue weighted by molar-refractivity contribution is 5.20. The maximum atomic E-state index is 14.4. The van der Waals surface area contributed by atoms with E-state index >= 15 is 0 Å². The second-order valence-electron chi connectivity index (χ2n) is 4.57. The van der Waals surface area contributed by atoms with Crippen molar-refractivity contribution in [2.45, 2.75) is 50.6 Å². The fraction of sp³-hybridized carbons (Fsp3) is 0.833. The largest absolute Gasteiger partial charge is 0.313 e. The van der Waals surface area contributed by atoms with Gasteiger partial charge < -0.3 is 5.32 Å². The van der Waals surface area contributed by atoms with Crippen molar-refractivity contribution in [1.82, 2.24) is 5.32 Å². The number of halogens is 1. The molecular weight excluding hydrogens is 177 g/mol. The molecule has 1 saturated heterocycles. The summed E-state index contributed by atoms with van der Waals surface area (Å²) < 4.78 is 14.4. The molecule has 0 aromatic carbocycles. The van der Waals surface area contributed by atoms with Gasteiger partial charge in [0.15, 0.2) is 0 Å². The van der Waals surface area contributed by atoms with Gasteiger partial charge in [-0.1, -0.05) is 18.9 Å². The van der Waals surface area contributed by atoms with Gasteiger partial charge in [0.1, 0.15) is 5.67 Å². The molecule has 1 N–H and O–H groups in total. The Morgan fingerprint density at radius 2 is 2.07 bits per heavy atom. The standard InChI is InChI=1S/C12H20FN/c13-12(8-9-14-10-12)11-6-4-2-1-3-5-7-11/h6,14H,1-5,7-10H2. The Balaban J connectivity index is 2.05. The van der Waals surface area contributed by atoms with Crippen LogP contribution < -0.4 is 5.32 Å². The number of nitrogens with one attached hydrogen (secondary N) is 1. The van der Waals surface area contributed by atoms with E-state index in [-0.39, 0.29) is 0 Å². The van der Waals surface area contributed by atoms with Crippen LogP contribution in [0.5, 0.6) is 0 Å². The number of alkyl halides is 1. The average molecular weight is 197 g/mol. The third kappa shape index (κ3) is 2.17. The van der Waals surface area contributed by atoms with E-state index in [0.717, 1.165) is 25.0 Å². The first-order valence-electron chi connectivity index (χ1n) is 5.90. The fourth-order valence-electron chi connectivity index (χ4n) is 2.53. The molecule has 1 aliphatic heterocycles. The van der Waals surface area contributed by atoms with Gasteiger partial charge in [-0.3, -0.25) is 0 Å². The zero-order valence-corrected chi connectivity index (χ0v) is 8.82. The number of allylic oxidation sites excluding steroid dienone is 1. The second kappa shape index (κ2) is 4.43. The molecule has 14 heavy (non-hydrogen) atoms. The van der Waals surface area contributed by atoms with E-state index in [9.17, 15) is 4.39 Å². The minimum Gasteiger partial charge on any atom is -0.313 e. The smallest absolute Gasteiger partial charge is 0.145 e. The first-order valence-corrected chi connectivity index (χ1v) is 5.90. The number of hydrogen-bond acceptors (Lipinski definition) is 1. The van der Waals surface area contributed by atoms with Crippen LogP contribution in [0.3, 0.4) is 0 Å². The zero-order valence-electron chi connectivity index (χ0n) is 8.82. The molecule has 2 heteroatoms. The molecule has 80 valence electrons. The monoisotopic (exact) mass is 197 g/mol. The van der Waals surface area contributed by atoms with Gasteiger partial charge in [0.05, 0.1) is 0 Å². The van der Waals surface area contributed by atoms with Crippen molar-refractivity contribution in [2.24, 2.45) is 0 Å². The molecule has 1 nitrogen and oxygen atoms in total. The van der Waals surface area contributed by atoms with Crippen LogP contribution in [0.1, 0.15) is 44.9 Å². The van der Waals surface area contributed by atoms with Gasteiger partial charge in [0, 0.05) is 6.54 Å². The van der Waals surface area contributed by atoms with Gasteiger partial charge >= 0.3 is 0 Å². The first kappa shape index (κ1) is 10.2. The summed E-state index contributed by atoms with van der Waals surface area (Å²) in [4.78, 5) is 0. The van der Waals surface area contributed by atoms with E-state index in [0.29, 0.717) is 13.0 Å². The molecule has 1 atom stereocenters. The highest BCUT2D eigenvalue weighted by atomic mass is 19.1. The molecular formula is C12H20FN. The van der Waals surface area contributed by atoms with Crippen molar-refractivity contribution >= 4 is 0 Å². The Hall–Kier alpha value is -0.370. The molecule has 0 spiro atoms. The molecule has 0 aromatic heterocycles. The summed E-state index contributed by atoms with van der Waals surface area (Å²) in [6.45, 7) is 1.38. The maximum absolute atomic E-state index is 14.4. The van der Waals surface area contributed by atoms with Crippen LogP contribution in [-0.4, -0.2) is 18.8 Å². The van der Waals surface area contributed by atoms with Gasteiger partial charge in [0.2, 0.25) is 0 Å². The number of hydrogen-bond donors (Lipinski definition) is 1.